The summed E-state index contributed by atoms with van der Waals surface area (Å²) in [6.07, 6.45) is 5.03. The molecule has 6 heteroatoms. The van der Waals surface area contributed by atoms with Gasteiger partial charge in [-0.3, -0.25) is 4.98 Å². The second kappa shape index (κ2) is 5.05. The van der Waals surface area contributed by atoms with Gasteiger partial charge in [0.05, 0.1) is 0 Å². The van der Waals surface area contributed by atoms with E-state index in [0.29, 0.717) is 0 Å². The van der Waals surface area contributed by atoms with E-state index in [2.05, 4.69) is 27.2 Å². The molecule has 0 fully saturated rings. The molecule has 3 heterocycles. The van der Waals surface area contributed by atoms with E-state index in [0.717, 1.165) is 46.3 Å². The van der Waals surface area contributed by atoms with Crippen LogP contribution in [0.4, 0.5) is 0 Å². The van der Waals surface area contributed by atoms with Crippen LogP contribution < -0.4 is 0 Å². The van der Waals surface area contributed by atoms with Gasteiger partial charge in [0.15, 0.2) is 5.82 Å². The van der Waals surface area contributed by atoms with Gasteiger partial charge in [-0.05, 0) is 25.5 Å². The van der Waals surface area contributed by atoms with Crippen molar-refractivity contribution in [2.45, 2.75) is 33.1 Å². The van der Waals surface area contributed by atoms with Crippen molar-refractivity contribution in [1.82, 2.24) is 24.8 Å². The minimum absolute atomic E-state index is 0.849. The zero-order valence-corrected chi connectivity index (χ0v) is 11.8. The lowest BCUT2D eigenvalue weighted by atomic mass is 10.2. The molecule has 0 N–H and O–H groups in total. The zero-order chi connectivity index (χ0) is 13.2. The fourth-order valence-corrected chi connectivity index (χ4v) is 2.71. The Morgan fingerprint density at radius 1 is 1.26 bits per heavy atom. The quantitative estimate of drug-likeness (QED) is 0.733. The average molecular weight is 273 g/mol. The molecule has 3 aromatic rings. The summed E-state index contributed by atoms with van der Waals surface area (Å²) in [6.45, 7) is 4.15. The van der Waals surface area contributed by atoms with Crippen molar-refractivity contribution in [3.63, 3.8) is 0 Å². The number of rotatable bonds is 4. The minimum Gasteiger partial charge on any atom is -0.261 e. The molecule has 0 aliphatic rings. The third-order valence-electron chi connectivity index (χ3n) is 2.97. The van der Waals surface area contributed by atoms with Gasteiger partial charge in [-0.2, -0.15) is 9.61 Å². The van der Waals surface area contributed by atoms with Crippen LogP contribution in [-0.2, 0) is 6.42 Å². The lowest BCUT2D eigenvalue weighted by Gasteiger charge is -1.96. The summed E-state index contributed by atoms with van der Waals surface area (Å²) in [4.78, 5) is 5.15. The molecule has 0 aliphatic heterocycles. The van der Waals surface area contributed by atoms with Crippen LogP contribution in [0.5, 0.6) is 0 Å². The highest BCUT2D eigenvalue weighted by molar-refractivity contribution is 7.19. The van der Waals surface area contributed by atoms with E-state index in [9.17, 15) is 0 Å². The van der Waals surface area contributed by atoms with Crippen molar-refractivity contribution in [3.8, 4) is 10.6 Å². The van der Waals surface area contributed by atoms with Crippen LogP contribution in [-0.4, -0.2) is 24.8 Å². The van der Waals surface area contributed by atoms with Crippen LogP contribution in [0.3, 0.4) is 0 Å². The van der Waals surface area contributed by atoms with E-state index < -0.39 is 0 Å². The highest BCUT2D eigenvalue weighted by Gasteiger charge is 2.12. The molecule has 0 saturated heterocycles. The summed E-state index contributed by atoms with van der Waals surface area (Å²) in [5.74, 6) is 0.944. The molecule has 0 aromatic carbocycles. The van der Waals surface area contributed by atoms with Crippen LogP contribution in [0, 0.1) is 6.92 Å². The van der Waals surface area contributed by atoms with Gasteiger partial charge in [0.25, 0.3) is 0 Å². The second-order valence-electron chi connectivity index (χ2n) is 4.51. The Hall–Kier alpha value is -1.82. The van der Waals surface area contributed by atoms with Gasteiger partial charge < -0.3 is 0 Å². The molecular formula is C13H15N5S. The summed E-state index contributed by atoms with van der Waals surface area (Å²) < 4.78 is 1.86. The van der Waals surface area contributed by atoms with Gasteiger partial charge in [-0.15, -0.1) is 10.2 Å². The molecule has 0 saturated carbocycles. The molecular weight excluding hydrogens is 258 g/mol. The van der Waals surface area contributed by atoms with Gasteiger partial charge in [0, 0.05) is 23.9 Å². The SMILES string of the molecule is CCCCc1nnc2sc(-c3ccc(C)nc3)nn12. The van der Waals surface area contributed by atoms with Gasteiger partial charge in [-0.1, -0.05) is 24.7 Å². The van der Waals surface area contributed by atoms with E-state index >= 15 is 0 Å². The minimum atomic E-state index is 0.849. The fourth-order valence-electron chi connectivity index (χ4n) is 1.86. The first kappa shape index (κ1) is 12.2. The van der Waals surface area contributed by atoms with Crippen molar-refractivity contribution < 1.29 is 0 Å². The molecule has 3 rings (SSSR count). The fraction of sp³-hybridized carbons (Fsp3) is 0.385. The Morgan fingerprint density at radius 3 is 2.89 bits per heavy atom. The van der Waals surface area contributed by atoms with Crippen LogP contribution in [0.15, 0.2) is 18.3 Å². The van der Waals surface area contributed by atoms with Crippen LogP contribution in [0.1, 0.15) is 31.3 Å². The molecule has 0 amide bonds. The predicted octanol–water partition coefficient (Wildman–Crippen LogP) is 2.90. The maximum atomic E-state index is 4.60. The van der Waals surface area contributed by atoms with E-state index in [1.807, 2.05) is 29.8 Å². The van der Waals surface area contributed by atoms with Crippen molar-refractivity contribution >= 4 is 16.3 Å². The summed E-state index contributed by atoms with van der Waals surface area (Å²) in [7, 11) is 0. The Bertz CT molecular complexity index is 683. The first-order chi connectivity index (χ1) is 9.28. The van der Waals surface area contributed by atoms with Gasteiger partial charge in [0.1, 0.15) is 5.01 Å². The monoisotopic (exact) mass is 273 g/mol. The van der Waals surface area contributed by atoms with Crippen LogP contribution in [0.25, 0.3) is 15.5 Å². The molecule has 0 spiro atoms. The topological polar surface area (TPSA) is 56.0 Å². The smallest absolute Gasteiger partial charge is 0.234 e. The number of fused-ring (bicyclic) bond motifs is 1. The molecule has 0 atom stereocenters. The summed E-state index contributed by atoms with van der Waals surface area (Å²) in [6, 6.07) is 4.04. The maximum Gasteiger partial charge on any atom is 0.234 e. The Balaban J connectivity index is 1.97. The summed E-state index contributed by atoms with van der Waals surface area (Å²) in [5.41, 5.74) is 2.04. The molecule has 3 aromatic heterocycles. The van der Waals surface area contributed by atoms with Crippen molar-refractivity contribution in [2.24, 2.45) is 0 Å². The van der Waals surface area contributed by atoms with Gasteiger partial charge in [-0.25, -0.2) is 0 Å². The number of aromatic nitrogens is 5. The largest absolute Gasteiger partial charge is 0.261 e. The first-order valence-electron chi connectivity index (χ1n) is 6.42. The third-order valence-corrected chi connectivity index (χ3v) is 3.92. The Morgan fingerprint density at radius 2 is 2.16 bits per heavy atom. The highest BCUT2D eigenvalue weighted by atomic mass is 32.1. The van der Waals surface area contributed by atoms with Crippen molar-refractivity contribution in [3.05, 3.63) is 29.8 Å². The molecule has 0 unspecified atom stereocenters. The van der Waals surface area contributed by atoms with Crippen LogP contribution >= 0.6 is 11.3 Å². The summed E-state index contributed by atoms with van der Waals surface area (Å²) >= 11 is 1.55. The number of hydrogen-bond donors (Lipinski definition) is 0. The lowest BCUT2D eigenvalue weighted by Crippen LogP contribution is -1.96. The van der Waals surface area contributed by atoms with Gasteiger partial charge >= 0.3 is 0 Å². The summed E-state index contributed by atoms with van der Waals surface area (Å²) in [5, 5.41) is 13.9. The first-order valence-corrected chi connectivity index (χ1v) is 7.23. The molecule has 0 radical (unpaired) electrons. The zero-order valence-electron chi connectivity index (χ0n) is 11.0. The molecule has 19 heavy (non-hydrogen) atoms. The molecule has 0 aliphatic carbocycles. The lowest BCUT2D eigenvalue weighted by molar-refractivity contribution is 0.723. The van der Waals surface area contributed by atoms with Crippen LogP contribution in [0.2, 0.25) is 0 Å². The molecule has 5 nitrogen and oxygen atoms in total. The van der Waals surface area contributed by atoms with E-state index in [4.69, 9.17) is 0 Å². The maximum absolute atomic E-state index is 4.60. The van der Waals surface area contributed by atoms with Crippen molar-refractivity contribution in [1.29, 1.82) is 0 Å². The molecule has 98 valence electrons. The number of hydrogen-bond acceptors (Lipinski definition) is 5. The second-order valence-corrected chi connectivity index (χ2v) is 5.47. The number of unbranched alkanes of at least 4 members (excludes halogenated alkanes) is 1. The highest BCUT2D eigenvalue weighted by Crippen LogP contribution is 2.25. The number of pyridine rings is 1. The van der Waals surface area contributed by atoms with E-state index in [1.165, 1.54) is 0 Å². The number of nitrogens with zero attached hydrogens (tertiary/aromatic N) is 5. The van der Waals surface area contributed by atoms with E-state index in [-0.39, 0.29) is 0 Å². The predicted molar refractivity (Wildman–Crippen MR) is 75.2 cm³/mol. The van der Waals surface area contributed by atoms with E-state index in [1.54, 1.807) is 11.3 Å². The normalized spacial score (nSPS) is 11.3. The number of aryl methyl sites for hydroxylation is 2. The average Bonchev–Trinajstić information content (AvgIpc) is 2.98. The van der Waals surface area contributed by atoms with Crippen molar-refractivity contribution in [2.75, 3.05) is 0 Å². The Labute approximate surface area is 115 Å². The molecule has 0 bridgehead atoms. The standard InChI is InChI=1S/C13H15N5S/c1-3-4-5-11-15-16-13-18(11)17-12(19-13)10-7-6-9(2)14-8-10/h6-8H,3-5H2,1-2H3. The van der Waals surface area contributed by atoms with Gasteiger partial charge in [0.2, 0.25) is 4.96 Å². The third kappa shape index (κ3) is 2.35. The Kier molecular flexibility index (Phi) is 3.25.